The number of carboxylic acid groups (broad SMARTS) is 1. The van der Waals surface area contributed by atoms with E-state index in [0.29, 0.717) is 17.7 Å². The minimum absolute atomic E-state index is 0.349. The molecule has 1 aromatic carbocycles. The number of hydrogen-bond acceptors (Lipinski definition) is 3. The van der Waals surface area contributed by atoms with Gasteiger partial charge in [-0.1, -0.05) is 0 Å². The molecule has 1 saturated carbocycles. The highest BCUT2D eigenvalue weighted by Gasteiger charge is 2.24. The molecule has 0 aromatic heterocycles. The van der Waals surface area contributed by atoms with Gasteiger partial charge in [-0.25, -0.2) is 4.79 Å². The molecule has 98 valence electrons. The first-order chi connectivity index (χ1) is 8.60. The Morgan fingerprint density at radius 2 is 2.22 bits per heavy atom. The normalized spacial score (nSPS) is 23.0. The molecular formula is C14H19NO3. The minimum Gasteiger partial charge on any atom is -0.478 e. The highest BCUT2D eigenvalue weighted by molar-refractivity contribution is 5.89. The summed E-state index contributed by atoms with van der Waals surface area (Å²) in [5.74, 6) is -0.876. The summed E-state index contributed by atoms with van der Waals surface area (Å²) in [6.45, 7) is 1.82. The first-order valence-electron chi connectivity index (χ1n) is 6.23. The molecule has 4 heteroatoms. The average molecular weight is 249 g/mol. The molecule has 2 unspecified atom stereocenters. The summed E-state index contributed by atoms with van der Waals surface area (Å²) in [5.41, 5.74) is 2.13. The zero-order valence-corrected chi connectivity index (χ0v) is 10.8. The molecule has 0 saturated heterocycles. The van der Waals surface area contributed by atoms with Gasteiger partial charge in [-0.05, 0) is 49.9 Å². The summed E-state index contributed by atoms with van der Waals surface area (Å²) < 4.78 is 5.34. The molecule has 0 aliphatic heterocycles. The van der Waals surface area contributed by atoms with E-state index in [-0.39, 0.29) is 0 Å². The summed E-state index contributed by atoms with van der Waals surface area (Å²) >= 11 is 0. The van der Waals surface area contributed by atoms with Gasteiger partial charge < -0.3 is 15.2 Å². The standard InChI is InChI=1S/C14H19NO3/c1-9-7-10(4-6-13(9)14(16)17)15-11-3-5-12(8-11)18-2/h4,6-7,11-12,15H,3,5,8H2,1-2H3,(H,16,17). The van der Waals surface area contributed by atoms with Crippen molar-refractivity contribution in [3.63, 3.8) is 0 Å². The highest BCUT2D eigenvalue weighted by atomic mass is 16.5. The van der Waals surface area contributed by atoms with Crippen molar-refractivity contribution in [1.29, 1.82) is 0 Å². The van der Waals surface area contributed by atoms with E-state index in [1.807, 2.05) is 19.1 Å². The van der Waals surface area contributed by atoms with Crippen LogP contribution in [0.1, 0.15) is 35.2 Å². The molecule has 0 radical (unpaired) electrons. The van der Waals surface area contributed by atoms with E-state index < -0.39 is 5.97 Å². The molecule has 1 aliphatic carbocycles. The van der Waals surface area contributed by atoms with Gasteiger partial charge in [0.05, 0.1) is 11.7 Å². The maximum atomic E-state index is 10.9. The van der Waals surface area contributed by atoms with Crippen molar-refractivity contribution in [3.05, 3.63) is 29.3 Å². The van der Waals surface area contributed by atoms with Crippen molar-refractivity contribution >= 4 is 11.7 Å². The third-order valence-electron chi connectivity index (χ3n) is 3.55. The van der Waals surface area contributed by atoms with E-state index in [2.05, 4.69) is 5.32 Å². The van der Waals surface area contributed by atoms with Crippen molar-refractivity contribution < 1.29 is 14.6 Å². The van der Waals surface area contributed by atoms with Crippen LogP contribution in [0.25, 0.3) is 0 Å². The zero-order chi connectivity index (χ0) is 13.1. The van der Waals surface area contributed by atoms with Crippen molar-refractivity contribution in [1.82, 2.24) is 0 Å². The maximum Gasteiger partial charge on any atom is 0.335 e. The van der Waals surface area contributed by atoms with Gasteiger partial charge in [-0.3, -0.25) is 0 Å². The second kappa shape index (κ2) is 5.40. The van der Waals surface area contributed by atoms with Crippen LogP contribution in [0, 0.1) is 6.92 Å². The Balaban J connectivity index is 2.02. The zero-order valence-electron chi connectivity index (χ0n) is 10.8. The van der Waals surface area contributed by atoms with Crippen LogP contribution in [0.3, 0.4) is 0 Å². The van der Waals surface area contributed by atoms with Crippen LogP contribution in [-0.2, 0) is 4.74 Å². The maximum absolute atomic E-state index is 10.9. The monoisotopic (exact) mass is 249 g/mol. The fourth-order valence-corrected chi connectivity index (χ4v) is 2.51. The molecule has 0 amide bonds. The largest absolute Gasteiger partial charge is 0.478 e. The van der Waals surface area contributed by atoms with Crippen LogP contribution in [0.4, 0.5) is 5.69 Å². The second-order valence-electron chi connectivity index (χ2n) is 4.85. The lowest BCUT2D eigenvalue weighted by Gasteiger charge is -2.15. The number of aryl methyl sites for hydroxylation is 1. The molecule has 1 fully saturated rings. The molecule has 2 N–H and O–H groups in total. The average Bonchev–Trinajstić information content (AvgIpc) is 2.76. The number of rotatable bonds is 4. The lowest BCUT2D eigenvalue weighted by molar-refractivity contribution is 0.0696. The molecule has 18 heavy (non-hydrogen) atoms. The Morgan fingerprint density at radius 3 is 2.78 bits per heavy atom. The molecule has 2 atom stereocenters. The number of hydrogen-bond donors (Lipinski definition) is 2. The molecular weight excluding hydrogens is 230 g/mol. The van der Waals surface area contributed by atoms with E-state index >= 15 is 0 Å². The molecule has 2 rings (SSSR count). The number of ether oxygens (including phenoxy) is 1. The second-order valence-corrected chi connectivity index (χ2v) is 4.85. The van der Waals surface area contributed by atoms with Crippen LogP contribution < -0.4 is 5.32 Å². The fourth-order valence-electron chi connectivity index (χ4n) is 2.51. The van der Waals surface area contributed by atoms with E-state index in [1.54, 1.807) is 13.2 Å². The quantitative estimate of drug-likeness (QED) is 0.861. The summed E-state index contributed by atoms with van der Waals surface area (Å²) in [6, 6.07) is 5.80. The van der Waals surface area contributed by atoms with Crippen molar-refractivity contribution in [3.8, 4) is 0 Å². The number of nitrogens with one attached hydrogen (secondary N) is 1. The van der Waals surface area contributed by atoms with Crippen molar-refractivity contribution in [2.45, 2.75) is 38.3 Å². The Bertz CT molecular complexity index is 445. The molecule has 0 spiro atoms. The first-order valence-corrected chi connectivity index (χ1v) is 6.23. The van der Waals surface area contributed by atoms with E-state index in [1.165, 1.54) is 0 Å². The highest BCUT2D eigenvalue weighted by Crippen LogP contribution is 2.25. The molecule has 4 nitrogen and oxygen atoms in total. The topological polar surface area (TPSA) is 58.6 Å². The Kier molecular flexibility index (Phi) is 3.87. The van der Waals surface area contributed by atoms with Gasteiger partial charge in [0.2, 0.25) is 0 Å². The smallest absolute Gasteiger partial charge is 0.335 e. The predicted octanol–water partition coefficient (Wildman–Crippen LogP) is 2.67. The number of aromatic carboxylic acids is 1. The fraction of sp³-hybridized carbons (Fsp3) is 0.500. The van der Waals surface area contributed by atoms with Crippen LogP contribution in [0.2, 0.25) is 0 Å². The van der Waals surface area contributed by atoms with E-state index in [4.69, 9.17) is 9.84 Å². The summed E-state index contributed by atoms with van der Waals surface area (Å²) in [7, 11) is 1.75. The Hall–Kier alpha value is -1.55. The number of carbonyl (C=O) groups is 1. The van der Waals surface area contributed by atoms with Gasteiger partial charge in [0, 0.05) is 18.8 Å². The predicted molar refractivity (Wildman–Crippen MR) is 70.2 cm³/mol. The number of anilines is 1. The molecule has 1 aliphatic rings. The lowest BCUT2D eigenvalue weighted by Crippen LogP contribution is -2.17. The Labute approximate surface area is 107 Å². The van der Waals surface area contributed by atoms with Gasteiger partial charge in [-0.2, -0.15) is 0 Å². The summed E-state index contributed by atoms with van der Waals surface area (Å²) in [4.78, 5) is 10.9. The first kappa shape index (κ1) is 12.9. The number of methoxy groups -OCH3 is 1. The van der Waals surface area contributed by atoms with Crippen molar-refractivity contribution in [2.75, 3.05) is 12.4 Å². The van der Waals surface area contributed by atoms with Crippen molar-refractivity contribution in [2.24, 2.45) is 0 Å². The third-order valence-corrected chi connectivity index (χ3v) is 3.55. The van der Waals surface area contributed by atoms with E-state index in [9.17, 15) is 4.79 Å². The van der Waals surface area contributed by atoms with Crippen LogP contribution in [0.15, 0.2) is 18.2 Å². The van der Waals surface area contributed by atoms with E-state index in [0.717, 1.165) is 30.5 Å². The summed E-state index contributed by atoms with van der Waals surface area (Å²) in [5, 5.41) is 12.4. The van der Waals surface area contributed by atoms with Gasteiger partial charge in [0.25, 0.3) is 0 Å². The summed E-state index contributed by atoms with van der Waals surface area (Å²) in [6.07, 6.45) is 3.54. The third kappa shape index (κ3) is 2.82. The van der Waals surface area contributed by atoms with Gasteiger partial charge >= 0.3 is 5.97 Å². The molecule has 0 bridgehead atoms. The minimum atomic E-state index is -0.876. The lowest BCUT2D eigenvalue weighted by atomic mass is 10.1. The number of benzene rings is 1. The SMILES string of the molecule is COC1CCC(Nc2ccc(C(=O)O)c(C)c2)C1. The van der Waals surface area contributed by atoms with Gasteiger partial charge in [0.15, 0.2) is 0 Å². The van der Waals surface area contributed by atoms with Crippen LogP contribution in [-0.4, -0.2) is 30.3 Å². The Morgan fingerprint density at radius 1 is 1.44 bits per heavy atom. The number of carboxylic acids is 1. The van der Waals surface area contributed by atoms with Gasteiger partial charge in [0.1, 0.15) is 0 Å². The van der Waals surface area contributed by atoms with Crippen LogP contribution >= 0.6 is 0 Å². The van der Waals surface area contributed by atoms with Crippen LogP contribution in [0.5, 0.6) is 0 Å². The van der Waals surface area contributed by atoms with Gasteiger partial charge in [-0.15, -0.1) is 0 Å². The molecule has 0 heterocycles. The molecule has 1 aromatic rings.